The van der Waals surface area contributed by atoms with Crippen molar-refractivity contribution >= 4 is 0 Å². The van der Waals surface area contributed by atoms with Gasteiger partial charge in [-0.15, -0.1) is 0 Å². The van der Waals surface area contributed by atoms with Crippen molar-refractivity contribution in [2.75, 3.05) is 0 Å². The van der Waals surface area contributed by atoms with Crippen molar-refractivity contribution in [2.45, 2.75) is 25.7 Å². The summed E-state index contributed by atoms with van der Waals surface area (Å²) in [6.07, 6.45) is 2.23. The number of para-hydroxylation sites is 1. The quantitative estimate of drug-likeness (QED) is 0.781. The SMILES string of the molecule is Cc1cccc(C2CCc3ccccc32)c1O. The van der Waals surface area contributed by atoms with Gasteiger partial charge in [-0.2, -0.15) is 0 Å². The number of phenols is 1. The number of hydrogen-bond acceptors (Lipinski definition) is 1. The monoisotopic (exact) mass is 224 g/mol. The zero-order valence-electron chi connectivity index (χ0n) is 9.98. The highest BCUT2D eigenvalue weighted by atomic mass is 16.3. The second-order valence-electron chi connectivity index (χ2n) is 4.80. The Labute approximate surface area is 102 Å². The Hall–Kier alpha value is -1.76. The third kappa shape index (κ3) is 1.62. The van der Waals surface area contributed by atoms with Gasteiger partial charge in [0, 0.05) is 11.5 Å². The highest BCUT2D eigenvalue weighted by Crippen LogP contribution is 2.41. The number of aromatic hydroxyl groups is 1. The maximum absolute atomic E-state index is 10.2. The molecule has 1 aliphatic rings. The van der Waals surface area contributed by atoms with Gasteiger partial charge in [-0.1, -0.05) is 42.5 Å². The smallest absolute Gasteiger partial charge is 0.122 e. The lowest BCUT2D eigenvalue weighted by molar-refractivity contribution is 0.460. The average Bonchev–Trinajstić information content (AvgIpc) is 2.77. The maximum Gasteiger partial charge on any atom is 0.122 e. The molecule has 1 aliphatic carbocycles. The molecule has 0 radical (unpaired) electrons. The number of hydrogen-bond donors (Lipinski definition) is 1. The summed E-state index contributed by atoms with van der Waals surface area (Å²) in [5, 5.41) is 10.2. The lowest BCUT2D eigenvalue weighted by Gasteiger charge is -2.15. The van der Waals surface area contributed by atoms with Crippen LogP contribution in [0.1, 0.15) is 34.6 Å². The summed E-state index contributed by atoms with van der Waals surface area (Å²) < 4.78 is 0. The zero-order chi connectivity index (χ0) is 11.8. The van der Waals surface area contributed by atoms with E-state index in [4.69, 9.17) is 0 Å². The molecular formula is C16H16O. The minimum Gasteiger partial charge on any atom is -0.507 e. The maximum atomic E-state index is 10.2. The Morgan fingerprint density at radius 3 is 2.65 bits per heavy atom. The third-order valence-electron chi connectivity index (χ3n) is 3.78. The van der Waals surface area contributed by atoms with Crippen LogP contribution >= 0.6 is 0 Å². The van der Waals surface area contributed by atoms with Crippen LogP contribution in [0, 0.1) is 6.92 Å². The van der Waals surface area contributed by atoms with Crippen LogP contribution in [0.4, 0.5) is 0 Å². The average molecular weight is 224 g/mol. The minimum atomic E-state index is 0.367. The lowest BCUT2D eigenvalue weighted by Crippen LogP contribution is -1.97. The molecule has 0 bridgehead atoms. The van der Waals surface area contributed by atoms with Gasteiger partial charge in [0.2, 0.25) is 0 Å². The summed E-state index contributed by atoms with van der Waals surface area (Å²) in [7, 11) is 0. The molecule has 0 saturated heterocycles. The van der Waals surface area contributed by atoms with Crippen LogP contribution in [-0.4, -0.2) is 5.11 Å². The normalized spacial score (nSPS) is 18.1. The standard InChI is InChI=1S/C16H16O/c1-11-5-4-8-15(16(11)17)14-10-9-12-6-2-3-7-13(12)14/h2-8,14,17H,9-10H2,1H3. The van der Waals surface area contributed by atoms with Crippen LogP contribution in [0.2, 0.25) is 0 Å². The van der Waals surface area contributed by atoms with E-state index < -0.39 is 0 Å². The third-order valence-corrected chi connectivity index (χ3v) is 3.78. The summed E-state index contributed by atoms with van der Waals surface area (Å²) in [6.45, 7) is 1.96. The topological polar surface area (TPSA) is 20.2 Å². The second-order valence-corrected chi connectivity index (χ2v) is 4.80. The van der Waals surface area contributed by atoms with Crippen molar-refractivity contribution in [2.24, 2.45) is 0 Å². The number of phenolic OH excluding ortho intramolecular Hbond substituents is 1. The van der Waals surface area contributed by atoms with E-state index in [0.717, 1.165) is 24.0 Å². The van der Waals surface area contributed by atoms with Gasteiger partial charge in [0.25, 0.3) is 0 Å². The molecule has 2 aromatic carbocycles. The molecule has 3 rings (SSSR count). The Balaban J connectivity index is 2.10. The number of fused-ring (bicyclic) bond motifs is 1. The predicted octanol–water partition coefficient (Wildman–Crippen LogP) is 3.78. The van der Waals surface area contributed by atoms with Crippen LogP contribution < -0.4 is 0 Å². The van der Waals surface area contributed by atoms with E-state index in [0.29, 0.717) is 11.7 Å². The van der Waals surface area contributed by atoms with E-state index in [1.54, 1.807) is 0 Å². The molecule has 0 fully saturated rings. The molecule has 1 N–H and O–H groups in total. The van der Waals surface area contributed by atoms with Crippen LogP contribution in [0.25, 0.3) is 0 Å². The summed E-state index contributed by atoms with van der Waals surface area (Å²) in [6, 6.07) is 14.6. The Morgan fingerprint density at radius 2 is 1.76 bits per heavy atom. The molecule has 0 amide bonds. The Morgan fingerprint density at radius 1 is 1.00 bits per heavy atom. The lowest BCUT2D eigenvalue weighted by atomic mass is 9.91. The van der Waals surface area contributed by atoms with Gasteiger partial charge in [0.1, 0.15) is 5.75 Å². The van der Waals surface area contributed by atoms with E-state index in [1.165, 1.54) is 11.1 Å². The zero-order valence-corrected chi connectivity index (χ0v) is 9.98. The van der Waals surface area contributed by atoms with Crippen molar-refractivity contribution in [1.82, 2.24) is 0 Å². The molecule has 86 valence electrons. The molecule has 0 spiro atoms. The van der Waals surface area contributed by atoms with Crippen LogP contribution in [0.15, 0.2) is 42.5 Å². The summed E-state index contributed by atoms with van der Waals surface area (Å²) >= 11 is 0. The van der Waals surface area contributed by atoms with Crippen molar-refractivity contribution < 1.29 is 5.11 Å². The van der Waals surface area contributed by atoms with Crippen molar-refractivity contribution in [3.63, 3.8) is 0 Å². The Bertz CT molecular complexity index is 557. The molecular weight excluding hydrogens is 208 g/mol. The van der Waals surface area contributed by atoms with E-state index in [1.807, 2.05) is 19.1 Å². The summed E-state index contributed by atoms with van der Waals surface area (Å²) in [5.74, 6) is 0.834. The molecule has 17 heavy (non-hydrogen) atoms. The highest BCUT2D eigenvalue weighted by Gasteiger charge is 2.25. The summed E-state index contributed by atoms with van der Waals surface area (Å²) in [4.78, 5) is 0. The van der Waals surface area contributed by atoms with Gasteiger partial charge in [0.15, 0.2) is 0 Å². The van der Waals surface area contributed by atoms with E-state index in [-0.39, 0.29) is 0 Å². The van der Waals surface area contributed by atoms with Gasteiger partial charge < -0.3 is 5.11 Å². The molecule has 1 unspecified atom stereocenters. The predicted molar refractivity (Wildman–Crippen MR) is 69.4 cm³/mol. The fraction of sp³-hybridized carbons (Fsp3) is 0.250. The number of aryl methyl sites for hydroxylation is 2. The van der Waals surface area contributed by atoms with E-state index in [9.17, 15) is 5.11 Å². The van der Waals surface area contributed by atoms with Crippen molar-refractivity contribution in [1.29, 1.82) is 0 Å². The number of benzene rings is 2. The van der Waals surface area contributed by atoms with Crippen LogP contribution in [-0.2, 0) is 6.42 Å². The van der Waals surface area contributed by atoms with Crippen LogP contribution in [0.3, 0.4) is 0 Å². The van der Waals surface area contributed by atoms with Gasteiger partial charge in [-0.25, -0.2) is 0 Å². The first-order valence-electron chi connectivity index (χ1n) is 6.13. The largest absolute Gasteiger partial charge is 0.507 e. The molecule has 1 nitrogen and oxygen atoms in total. The fourth-order valence-electron chi connectivity index (χ4n) is 2.84. The molecule has 2 aromatic rings. The highest BCUT2D eigenvalue weighted by molar-refractivity contribution is 5.49. The van der Waals surface area contributed by atoms with E-state index in [2.05, 4.69) is 30.3 Å². The minimum absolute atomic E-state index is 0.367. The second kappa shape index (κ2) is 3.92. The molecule has 0 aliphatic heterocycles. The number of rotatable bonds is 1. The molecule has 0 saturated carbocycles. The van der Waals surface area contributed by atoms with Gasteiger partial charge in [-0.3, -0.25) is 0 Å². The fourth-order valence-corrected chi connectivity index (χ4v) is 2.84. The van der Waals surface area contributed by atoms with Crippen LogP contribution in [0.5, 0.6) is 5.75 Å². The van der Waals surface area contributed by atoms with Gasteiger partial charge in [-0.05, 0) is 36.5 Å². The van der Waals surface area contributed by atoms with Gasteiger partial charge in [0.05, 0.1) is 0 Å². The Kier molecular flexibility index (Phi) is 2.40. The first-order chi connectivity index (χ1) is 8.27. The first-order valence-corrected chi connectivity index (χ1v) is 6.13. The molecule has 1 atom stereocenters. The molecule has 0 aromatic heterocycles. The first kappa shape index (κ1) is 10.4. The van der Waals surface area contributed by atoms with Crippen molar-refractivity contribution in [3.05, 3.63) is 64.7 Å². The van der Waals surface area contributed by atoms with Crippen molar-refractivity contribution in [3.8, 4) is 5.75 Å². The van der Waals surface area contributed by atoms with Gasteiger partial charge >= 0.3 is 0 Å². The molecule has 0 heterocycles. The molecule has 1 heteroatoms. The van der Waals surface area contributed by atoms with E-state index >= 15 is 0 Å². The summed E-state index contributed by atoms with van der Waals surface area (Å²) in [5.41, 5.74) is 4.86.